The summed E-state index contributed by atoms with van der Waals surface area (Å²) in [5.74, 6) is 0.547. The van der Waals surface area contributed by atoms with Gasteiger partial charge in [-0.05, 0) is 25.1 Å². The van der Waals surface area contributed by atoms with Gasteiger partial charge in [-0.3, -0.25) is 14.5 Å². The Morgan fingerprint density at radius 3 is 2.80 bits per heavy atom. The van der Waals surface area contributed by atoms with Crippen molar-refractivity contribution in [2.45, 2.75) is 12.8 Å². The summed E-state index contributed by atoms with van der Waals surface area (Å²) in [6.45, 7) is 5.54. The van der Waals surface area contributed by atoms with E-state index in [1.165, 1.54) is 0 Å². The standard InChI is InChI=1S/C18H25N3O4/c22-17(19-7-3-8-20-10-12-24-13-11-20)6-9-21-15-4-1-2-5-16(15)25-14-18(21)23/h1-2,4-5H,3,6-14H2,(H,19,22). The van der Waals surface area contributed by atoms with Gasteiger partial charge >= 0.3 is 0 Å². The Hall–Kier alpha value is -2.12. The Balaban J connectivity index is 1.38. The highest BCUT2D eigenvalue weighted by Gasteiger charge is 2.25. The van der Waals surface area contributed by atoms with E-state index in [-0.39, 0.29) is 24.8 Å². The molecule has 2 heterocycles. The number of hydrogen-bond donors (Lipinski definition) is 1. The van der Waals surface area contributed by atoms with Crippen molar-refractivity contribution in [1.82, 2.24) is 10.2 Å². The highest BCUT2D eigenvalue weighted by molar-refractivity contribution is 5.98. The van der Waals surface area contributed by atoms with E-state index in [1.54, 1.807) is 4.90 Å². The van der Waals surface area contributed by atoms with Crippen molar-refractivity contribution >= 4 is 17.5 Å². The van der Waals surface area contributed by atoms with Crippen molar-refractivity contribution in [3.8, 4) is 5.75 Å². The minimum atomic E-state index is -0.112. The summed E-state index contributed by atoms with van der Waals surface area (Å²) in [5.41, 5.74) is 0.735. The number of rotatable bonds is 7. The molecule has 136 valence electrons. The van der Waals surface area contributed by atoms with Crippen LogP contribution < -0.4 is 15.0 Å². The number of amides is 2. The van der Waals surface area contributed by atoms with Gasteiger partial charge in [0.05, 0.1) is 18.9 Å². The summed E-state index contributed by atoms with van der Waals surface area (Å²) < 4.78 is 10.7. The molecule has 7 heteroatoms. The van der Waals surface area contributed by atoms with Crippen LogP contribution in [0.2, 0.25) is 0 Å². The second-order valence-corrected chi connectivity index (χ2v) is 6.21. The normalized spacial score (nSPS) is 17.8. The van der Waals surface area contributed by atoms with E-state index in [1.807, 2.05) is 24.3 Å². The first-order valence-electron chi connectivity index (χ1n) is 8.83. The zero-order chi connectivity index (χ0) is 17.5. The van der Waals surface area contributed by atoms with Crippen LogP contribution in [0, 0.1) is 0 Å². The average Bonchev–Trinajstić information content (AvgIpc) is 2.65. The van der Waals surface area contributed by atoms with Crippen molar-refractivity contribution < 1.29 is 19.1 Å². The Labute approximate surface area is 147 Å². The number of benzene rings is 1. The summed E-state index contributed by atoms with van der Waals surface area (Å²) in [7, 11) is 0. The minimum Gasteiger partial charge on any atom is -0.482 e. The first-order chi connectivity index (χ1) is 12.2. The van der Waals surface area contributed by atoms with Gasteiger partial charge in [0.15, 0.2) is 6.61 Å². The van der Waals surface area contributed by atoms with Crippen LogP contribution in [0.4, 0.5) is 5.69 Å². The molecule has 0 saturated carbocycles. The van der Waals surface area contributed by atoms with Crippen LogP contribution in [0.25, 0.3) is 0 Å². The SMILES string of the molecule is O=C(CCN1C(=O)COc2ccccc21)NCCCN1CCOCC1. The first-order valence-corrected chi connectivity index (χ1v) is 8.83. The molecular weight excluding hydrogens is 322 g/mol. The second-order valence-electron chi connectivity index (χ2n) is 6.21. The largest absolute Gasteiger partial charge is 0.482 e. The summed E-state index contributed by atoms with van der Waals surface area (Å²) in [5, 5.41) is 2.93. The van der Waals surface area contributed by atoms with Crippen molar-refractivity contribution in [3.05, 3.63) is 24.3 Å². The number of nitrogens with one attached hydrogen (secondary N) is 1. The molecule has 2 aliphatic rings. The van der Waals surface area contributed by atoms with E-state index in [9.17, 15) is 9.59 Å². The van der Waals surface area contributed by atoms with Crippen molar-refractivity contribution in [2.75, 3.05) is 57.4 Å². The molecule has 0 unspecified atom stereocenters. The molecule has 2 aliphatic heterocycles. The molecule has 2 amide bonds. The summed E-state index contributed by atoms with van der Waals surface area (Å²) in [6, 6.07) is 7.40. The topological polar surface area (TPSA) is 71.1 Å². The molecular formula is C18H25N3O4. The van der Waals surface area contributed by atoms with Gasteiger partial charge in [-0.1, -0.05) is 12.1 Å². The second kappa shape index (κ2) is 8.82. The van der Waals surface area contributed by atoms with E-state index in [2.05, 4.69) is 10.2 Å². The summed E-state index contributed by atoms with van der Waals surface area (Å²) in [4.78, 5) is 28.1. The van der Waals surface area contributed by atoms with Gasteiger partial charge in [0.2, 0.25) is 5.91 Å². The third kappa shape index (κ3) is 4.93. The number of ether oxygens (including phenoxy) is 2. The summed E-state index contributed by atoms with van der Waals surface area (Å²) in [6.07, 6.45) is 1.21. The zero-order valence-electron chi connectivity index (χ0n) is 14.4. The third-order valence-corrected chi connectivity index (χ3v) is 4.45. The van der Waals surface area contributed by atoms with E-state index >= 15 is 0 Å². The number of anilines is 1. The number of carbonyl (C=O) groups is 2. The molecule has 0 spiro atoms. The van der Waals surface area contributed by atoms with Crippen LogP contribution in [0.15, 0.2) is 24.3 Å². The van der Waals surface area contributed by atoms with Crippen LogP contribution in [0.1, 0.15) is 12.8 Å². The van der Waals surface area contributed by atoms with Gasteiger partial charge in [0.25, 0.3) is 5.91 Å². The van der Waals surface area contributed by atoms with Gasteiger partial charge in [-0.2, -0.15) is 0 Å². The van der Waals surface area contributed by atoms with Gasteiger partial charge < -0.3 is 19.7 Å². The third-order valence-electron chi connectivity index (χ3n) is 4.45. The maximum absolute atomic E-state index is 12.1. The summed E-state index contributed by atoms with van der Waals surface area (Å²) >= 11 is 0. The minimum absolute atomic E-state index is 0.0260. The Morgan fingerprint density at radius 1 is 1.16 bits per heavy atom. The number of hydrogen-bond acceptors (Lipinski definition) is 5. The monoisotopic (exact) mass is 347 g/mol. The van der Waals surface area contributed by atoms with Crippen molar-refractivity contribution in [1.29, 1.82) is 0 Å². The molecule has 1 aromatic carbocycles. The molecule has 1 N–H and O–H groups in total. The van der Waals surface area contributed by atoms with Gasteiger partial charge in [-0.25, -0.2) is 0 Å². The number of nitrogens with zero attached hydrogens (tertiary/aromatic N) is 2. The van der Waals surface area contributed by atoms with E-state index in [0.717, 1.165) is 45.0 Å². The van der Waals surface area contributed by atoms with E-state index in [0.29, 0.717) is 18.8 Å². The van der Waals surface area contributed by atoms with Crippen LogP contribution in [0.5, 0.6) is 5.75 Å². The van der Waals surface area contributed by atoms with Gasteiger partial charge in [-0.15, -0.1) is 0 Å². The number of para-hydroxylation sites is 2. The van der Waals surface area contributed by atoms with Crippen LogP contribution in [0.3, 0.4) is 0 Å². The highest BCUT2D eigenvalue weighted by Crippen LogP contribution is 2.31. The quantitative estimate of drug-likeness (QED) is 0.733. The highest BCUT2D eigenvalue weighted by atomic mass is 16.5. The van der Waals surface area contributed by atoms with Gasteiger partial charge in [0.1, 0.15) is 5.75 Å². The smallest absolute Gasteiger partial charge is 0.265 e. The lowest BCUT2D eigenvalue weighted by molar-refractivity contribution is -0.122. The molecule has 1 saturated heterocycles. The molecule has 7 nitrogen and oxygen atoms in total. The Bertz CT molecular complexity index is 602. The molecule has 0 radical (unpaired) electrons. The molecule has 1 fully saturated rings. The zero-order valence-corrected chi connectivity index (χ0v) is 14.4. The van der Waals surface area contributed by atoms with E-state index in [4.69, 9.17) is 9.47 Å². The van der Waals surface area contributed by atoms with Crippen LogP contribution >= 0.6 is 0 Å². The fourth-order valence-electron chi connectivity index (χ4n) is 3.06. The number of carbonyl (C=O) groups excluding carboxylic acids is 2. The molecule has 0 bridgehead atoms. The van der Waals surface area contributed by atoms with Gasteiger partial charge in [0, 0.05) is 32.6 Å². The first kappa shape index (κ1) is 17.7. The molecule has 3 rings (SSSR count). The average molecular weight is 347 g/mol. The molecule has 0 aliphatic carbocycles. The fourth-order valence-corrected chi connectivity index (χ4v) is 3.06. The van der Waals surface area contributed by atoms with Crippen LogP contribution in [-0.4, -0.2) is 69.3 Å². The molecule has 0 atom stereocenters. The maximum atomic E-state index is 12.1. The lowest BCUT2D eigenvalue weighted by Gasteiger charge is -2.29. The lowest BCUT2D eigenvalue weighted by Crippen LogP contribution is -2.41. The maximum Gasteiger partial charge on any atom is 0.265 e. The predicted molar refractivity (Wildman–Crippen MR) is 93.8 cm³/mol. The number of fused-ring (bicyclic) bond motifs is 1. The van der Waals surface area contributed by atoms with Crippen molar-refractivity contribution in [3.63, 3.8) is 0 Å². The fraction of sp³-hybridized carbons (Fsp3) is 0.556. The van der Waals surface area contributed by atoms with E-state index < -0.39 is 0 Å². The Kier molecular flexibility index (Phi) is 6.25. The van der Waals surface area contributed by atoms with Crippen LogP contribution in [-0.2, 0) is 14.3 Å². The number of morpholine rings is 1. The molecule has 0 aromatic heterocycles. The predicted octanol–water partition coefficient (Wildman–Crippen LogP) is 0.641. The van der Waals surface area contributed by atoms with Crippen molar-refractivity contribution in [2.24, 2.45) is 0 Å². The molecule has 1 aromatic rings. The molecule has 25 heavy (non-hydrogen) atoms. The lowest BCUT2D eigenvalue weighted by atomic mass is 10.2. The Morgan fingerprint density at radius 2 is 1.96 bits per heavy atom.